The van der Waals surface area contributed by atoms with E-state index in [1.807, 2.05) is 60.7 Å². The number of carbonyl (C=O) groups excluding carboxylic acids is 2. The van der Waals surface area contributed by atoms with Gasteiger partial charge in [0, 0.05) is 16.9 Å². The van der Waals surface area contributed by atoms with Crippen LogP contribution in [0, 0.1) is 5.82 Å². The lowest BCUT2D eigenvalue weighted by molar-refractivity contribution is -0.116. The number of benzene rings is 4. The first kappa shape index (κ1) is 22.2. The molecule has 4 nitrogen and oxygen atoms in total. The van der Waals surface area contributed by atoms with Crippen molar-refractivity contribution in [2.75, 3.05) is 10.6 Å². The minimum atomic E-state index is -0.564. The van der Waals surface area contributed by atoms with Crippen LogP contribution in [0.2, 0.25) is 5.02 Å². The molecule has 33 heavy (non-hydrogen) atoms. The first-order chi connectivity index (χ1) is 16.0. The molecule has 0 fully saturated rings. The Morgan fingerprint density at radius 3 is 1.91 bits per heavy atom. The summed E-state index contributed by atoms with van der Waals surface area (Å²) < 4.78 is 13.4. The standard InChI is InChI=1S/C27H20ClFN2O2/c28-23-17-22(14-15-24(23)29)30-26(32)20-12-7-13-21(16-20)31-27(33)25(18-8-3-1-4-9-18)19-10-5-2-6-11-19/h1-17,25H,(H,30,32)(H,31,33). The highest BCUT2D eigenvalue weighted by molar-refractivity contribution is 6.31. The van der Waals surface area contributed by atoms with Gasteiger partial charge in [0.15, 0.2) is 0 Å². The number of halogens is 2. The average molecular weight is 459 g/mol. The maximum Gasteiger partial charge on any atom is 0.255 e. The summed E-state index contributed by atoms with van der Waals surface area (Å²) in [4.78, 5) is 26.0. The second kappa shape index (κ2) is 10.1. The normalized spacial score (nSPS) is 10.6. The molecule has 4 aromatic rings. The van der Waals surface area contributed by atoms with Gasteiger partial charge in [-0.3, -0.25) is 9.59 Å². The third-order valence-corrected chi connectivity index (χ3v) is 5.39. The van der Waals surface area contributed by atoms with Crippen LogP contribution in [-0.2, 0) is 4.79 Å². The fraction of sp³-hybridized carbons (Fsp3) is 0.0370. The van der Waals surface area contributed by atoms with Crippen LogP contribution in [0.1, 0.15) is 27.4 Å². The number of hydrogen-bond donors (Lipinski definition) is 2. The van der Waals surface area contributed by atoms with Gasteiger partial charge in [-0.25, -0.2) is 4.39 Å². The van der Waals surface area contributed by atoms with Crippen molar-refractivity contribution >= 4 is 34.8 Å². The average Bonchev–Trinajstić information content (AvgIpc) is 2.83. The van der Waals surface area contributed by atoms with Crippen LogP contribution in [0.5, 0.6) is 0 Å². The summed E-state index contributed by atoms with van der Waals surface area (Å²) in [5, 5.41) is 5.52. The topological polar surface area (TPSA) is 58.2 Å². The van der Waals surface area contributed by atoms with E-state index in [2.05, 4.69) is 10.6 Å². The van der Waals surface area contributed by atoms with E-state index in [9.17, 15) is 14.0 Å². The molecule has 0 aliphatic rings. The Bertz CT molecular complexity index is 1240. The van der Waals surface area contributed by atoms with Crippen molar-refractivity contribution in [1.29, 1.82) is 0 Å². The molecule has 0 atom stereocenters. The van der Waals surface area contributed by atoms with Crippen molar-refractivity contribution in [2.45, 2.75) is 5.92 Å². The van der Waals surface area contributed by atoms with E-state index in [-0.39, 0.29) is 10.9 Å². The molecule has 0 bridgehead atoms. The molecule has 164 valence electrons. The van der Waals surface area contributed by atoms with Crippen molar-refractivity contribution < 1.29 is 14.0 Å². The molecule has 0 saturated carbocycles. The van der Waals surface area contributed by atoms with Gasteiger partial charge in [0.25, 0.3) is 5.91 Å². The van der Waals surface area contributed by atoms with Gasteiger partial charge in [-0.15, -0.1) is 0 Å². The monoisotopic (exact) mass is 458 g/mol. The Labute approximate surface area is 196 Å². The number of nitrogens with one attached hydrogen (secondary N) is 2. The summed E-state index contributed by atoms with van der Waals surface area (Å²) in [6.07, 6.45) is 0. The molecule has 0 aromatic heterocycles. The van der Waals surface area contributed by atoms with Crippen LogP contribution in [0.4, 0.5) is 15.8 Å². The Kier molecular flexibility index (Phi) is 6.81. The third-order valence-electron chi connectivity index (χ3n) is 5.10. The molecular formula is C27H20ClFN2O2. The molecule has 2 N–H and O–H groups in total. The van der Waals surface area contributed by atoms with Gasteiger partial charge in [-0.05, 0) is 47.5 Å². The van der Waals surface area contributed by atoms with Crippen molar-refractivity contribution in [3.05, 3.63) is 131 Å². The van der Waals surface area contributed by atoms with E-state index in [0.717, 1.165) is 11.1 Å². The number of rotatable bonds is 6. The van der Waals surface area contributed by atoms with Crippen molar-refractivity contribution in [3.63, 3.8) is 0 Å². The fourth-order valence-electron chi connectivity index (χ4n) is 3.52. The summed E-state index contributed by atoms with van der Waals surface area (Å²) >= 11 is 5.78. The van der Waals surface area contributed by atoms with Crippen molar-refractivity contribution in [2.24, 2.45) is 0 Å². The summed E-state index contributed by atoms with van der Waals surface area (Å²) in [5.74, 6) is -1.69. The van der Waals surface area contributed by atoms with Gasteiger partial charge in [0.1, 0.15) is 5.82 Å². The molecule has 6 heteroatoms. The highest BCUT2D eigenvalue weighted by atomic mass is 35.5. The molecule has 0 heterocycles. The zero-order valence-corrected chi connectivity index (χ0v) is 18.2. The number of hydrogen-bond acceptors (Lipinski definition) is 2. The molecular weight excluding hydrogens is 439 g/mol. The molecule has 0 unspecified atom stereocenters. The number of amides is 2. The summed E-state index contributed by atoms with van der Waals surface area (Å²) in [6, 6.07) is 29.6. The minimum absolute atomic E-state index is 0.0818. The van der Waals surface area contributed by atoms with Gasteiger partial charge >= 0.3 is 0 Å². The van der Waals surface area contributed by atoms with Crippen LogP contribution < -0.4 is 10.6 Å². The zero-order chi connectivity index (χ0) is 23.2. The molecule has 0 spiro atoms. The number of carbonyl (C=O) groups is 2. The predicted octanol–water partition coefficient (Wildman–Crippen LogP) is 6.50. The lowest BCUT2D eigenvalue weighted by Crippen LogP contribution is -2.22. The first-order valence-corrected chi connectivity index (χ1v) is 10.7. The molecule has 2 amide bonds. The molecule has 0 aliphatic heterocycles. The largest absolute Gasteiger partial charge is 0.325 e. The van der Waals surface area contributed by atoms with Gasteiger partial charge < -0.3 is 10.6 Å². The van der Waals surface area contributed by atoms with Crippen molar-refractivity contribution in [3.8, 4) is 0 Å². The SMILES string of the molecule is O=C(Nc1ccc(F)c(Cl)c1)c1cccc(NC(=O)C(c2ccccc2)c2ccccc2)c1. The molecule has 4 rings (SSSR count). The van der Waals surface area contributed by atoms with Crippen LogP contribution in [0.3, 0.4) is 0 Å². The van der Waals surface area contributed by atoms with Gasteiger partial charge in [-0.1, -0.05) is 78.3 Å². The molecule has 0 radical (unpaired) electrons. The van der Waals surface area contributed by atoms with Crippen LogP contribution >= 0.6 is 11.6 Å². The van der Waals surface area contributed by atoms with E-state index in [1.54, 1.807) is 24.3 Å². The number of anilines is 2. The summed E-state index contributed by atoms with van der Waals surface area (Å²) in [5.41, 5.74) is 2.92. The second-order valence-electron chi connectivity index (χ2n) is 7.41. The third kappa shape index (κ3) is 5.45. The summed E-state index contributed by atoms with van der Waals surface area (Å²) in [6.45, 7) is 0. The zero-order valence-electron chi connectivity index (χ0n) is 17.5. The van der Waals surface area contributed by atoms with Crippen LogP contribution in [0.15, 0.2) is 103 Å². The van der Waals surface area contributed by atoms with Crippen LogP contribution in [-0.4, -0.2) is 11.8 Å². The predicted molar refractivity (Wildman–Crippen MR) is 129 cm³/mol. The lowest BCUT2D eigenvalue weighted by Gasteiger charge is -2.18. The maximum atomic E-state index is 13.4. The Balaban J connectivity index is 1.54. The molecule has 0 aliphatic carbocycles. The smallest absolute Gasteiger partial charge is 0.255 e. The second-order valence-corrected chi connectivity index (χ2v) is 7.81. The van der Waals surface area contributed by atoms with E-state index < -0.39 is 17.6 Å². The maximum absolute atomic E-state index is 13.4. The van der Waals surface area contributed by atoms with E-state index in [0.29, 0.717) is 16.9 Å². The molecule has 0 saturated heterocycles. The minimum Gasteiger partial charge on any atom is -0.325 e. The van der Waals surface area contributed by atoms with Crippen LogP contribution in [0.25, 0.3) is 0 Å². The van der Waals surface area contributed by atoms with E-state index >= 15 is 0 Å². The highest BCUT2D eigenvalue weighted by Crippen LogP contribution is 2.27. The summed E-state index contributed by atoms with van der Waals surface area (Å²) in [7, 11) is 0. The van der Waals surface area contributed by atoms with Crippen molar-refractivity contribution in [1.82, 2.24) is 0 Å². The fourth-order valence-corrected chi connectivity index (χ4v) is 3.70. The Morgan fingerprint density at radius 1 is 0.697 bits per heavy atom. The molecule has 4 aromatic carbocycles. The quantitative estimate of drug-likeness (QED) is 0.346. The van der Waals surface area contributed by atoms with E-state index in [1.165, 1.54) is 18.2 Å². The Morgan fingerprint density at radius 2 is 1.30 bits per heavy atom. The van der Waals surface area contributed by atoms with E-state index in [4.69, 9.17) is 11.6 Å². The lowest BCUT2D eigenvalue weighted by atomic mass is 9.90. The van der Waals surface area contributed by atoms with Gasteiger partial charge in [0.05, 0.1) is 10.9 Å². The van der Waals surface area contributed by atoms with Gasteiger partial charge in [0.2, 0.25) is 5.91 Å². The highest BCUT2D eigenvalue weighted by Gasteiger charge is 2.23. The Hall–Kier alpha value is -3.96. The van der Waals surface area contributed by atoms with Gasteiger partial charge in [-0.2, -0.15) is 0 Å². The first-order valence-electron chi connectivity index (χ1n) is 10.3.